The van der Waals surface area contributed by atoms with Crippen molar-refractivity contribution in [3.8, 4) is 0 Å². The summed E-state index contributed by atoms with van der Waals surface area (Å²) in [5.74, 6) is -0.00648. The number of benzene rings is 1. The zero-order chi connectivity index (χ0) is 18.1. The molecule has 0 aromatic heterocycles. The highest BCUT2D eigenvalue weighted by atomic mass is 32.2. The fourth-order valence-electron chi connectivity index (χ4n) is 1.22. The van der Waals surface area contributed by atoms with E-state index in [0.29, 0.717) is 24.0 Å². The summed E-state index contributed by atoms with van der Waals surface area (Å²) in [5.41, 5.74) is 6.86. The second-order valence-electron chi connectivity index (χ2n) is 4.57. The molecule has 0 radical (unpaired) electrons. The Balaban J connectivity index is 0. The molecule has 1 aromatic carbocycles. The van der Waals surface area contributed by atoms with E-state index in [-0.39, 0.29) is 5.91 Å². The predicted molar refractivity (Wildman–Crippen MR) is 84.0 cm³/mol. The van der Waals surface area contributed by atoms with Crippen molar-refractivity contribution in [2.45, 2.75) is 19.8 Å². The lowest BCUT2D eigenvalue weighted by Crippen LogP contribution is -2.14. The number of carbonyl (C=O) groups is 1. The molecule has 0 saturated carbocycles. The van der Waals surface area contributed by atoms with Gasteiger partial charge in [0, 0.05) is 5.56 Å². The summed E-state index contributed by atoms with van der Waals surface area (Å²) in [5, 5.41) is 0. The molecule has 0 aliphatic carbocycles. The average Bonchev–Trinajstić information content (AvgIpc) is 2.24. The second-order valence-corrected chi connectivity index (χ2v) is 7.50. The van der Waals surface area contributed by atoms with E-state index >= 15 is 0 Å². The molecule has 0 fully saturated rings. The van der Waals surface area contributed by atoms with Crippen LogP contribution in [0.2, 0.25) is 0 Å². The molecular weight excluding hydrogens is 334 g/mol. The Kier molecular flexibility index (Phi) is 9.85. The van der Waals surface area contributed by atoms with Gasteiger partial charge in [-0.15, -0.1) is 0 Å². The van der Waals surface area contributed by atoms with Crippen molar-refractivity contribution in [3.05, 3.63) is 35.4 Å². The summed E-state index contributed by atoms with van der Waals surface area (Å²) in [4.78, 5) is 10.9. The van der Waals surface area contributed by atoms with Crippen LogP contribution in [0.5, 0.6) is 0 Å². The molecule has 0 atom stereocenters. The van der Waals surface area contributed by atoms with Crippen LogP contribution in [0.25, 0.3) is 0 Å². The van der Waals surface area contributed by atoms with Crippen molar-refractivity contribution in [1.29, 1.82) is 0 Å². The first-order chi connectivity index (χ1) is 9.63. The number of carbonyl (C=O) groups excluding carboxylic acids is 1. The molecule has 0 aliphatic heterocycles. The van der Waals surface area contributed by atoms with Crippen LogP contribution >= 0.6 is 0 Å². The van der Waals surface area contributed by atoms with Crippen LogP contribution in [-0.4, -0.2) is 44.4 Å². The number of primary amides is 1. The first kappa shape index (κ1) is 22.8. The average molecular weight is 355 g/mol. The lowest BCUT2D eigenvalue weighted by atomic mass is 9.97. The van der Waals surface area contributed by atoms with E-state index in [1.807, 2.05) is 32.0 Å². The Hall–Kier alpha value is -1.49. The van der Waals surface area contributed by atoms with Gasteiger partial charge in [0.25, 0.3) is 20.2 Å². The lowest BCUT2D eigenvalue weighted by Gasteiger charge is -2.08. The monoisotopic (exact) mass is 355 g/mol. The maximum atomic E-state index is 10.9. The van der Waals surface area contributed by atoms with Gasteiger partial charge in [0.15, 0.2) is 0 Å². The van der Waals surface area contributed by atoms with Gasteiger partial charge in [-0.25, -0.2) is 0 Å². The first-order valence-corrected chi connectivity index (χ1v) is 9.56. The van der Waals surface area contributed by atoms with E-state index in [9.17, 15) is 21.6 Å². The molecule has 0 spiro atoms. The van der Waals surface area contributed by atoms with Crippen molar-refractivity contribution in [3.63, 3.8) is 0 Å². The molecular formula is C12H21NO7S2. The smallest absolute Gasteiger partial charge is 0.261 e. The summed E-state index contributed by atoms with van der Waals surface area (Å²) in [7, 11) is -7.33. The summed E-state index contributed by atoms with van der Waals surface area (Å²) in [6.07, 6.45) is 1.43. The molecule has 1 amide bonds. The number of hydrogen-bond donors (Lipinski definition) is 3. The van der Waals surface area contributed by atoms with Crippen LogP contribution in [-0.2, 0) is 20.2 Å². The minimum atomic E-state index is -3.67. The van der Waals surface area contributed by atoms with Gasteiger partial charge in [0.05, 0.1) is 12.5 Å². The third kappa shape index (κ3) is 18.5. The van der Waals surface area contributed by atoms with Crippen LogP contribution in [0.4, 0.5) is 0 Å². The van der Waals surface area contributed by atoms with E-state index in [2.05, 4.69) is 0 Å². The normalized spacial score (nSPS) is 10.9. The van der Waals surface area contributed by atoms with E-state index in [1.165, 1.54) is 0 Å². The fraction of sp³-hybridized carbons (Fsp3) is 0.417. The minimum Gasteiger partial charge on any atom is -0.366 e. The minimum absolute atomic E-state index is 0.341. The Morgan fingerprint density at radius 3 is 1.55 bits per heavy atom. The summed E-state index contributed by atoms with van der Waals surface area (Å²) >= 11 is 0. The number of nitrogens with two attached hydrogens (primary N) is 1. The highest BCUT2D eigenvalue weighted by Gasteiger charge is 2.08. The van der Waals surface area contributed by atoms with Crippen molar-refractivity contribution < 1.29 is 30.7 Å². The van der Waals surface area contributed by atoms with Gasteiger partial charge in [0.1, 0.15) is 0 Å². The van der Waals surface area contributed by atoms with Crippen molar-refractivity contribution in [1.82, 2.24) is 0 Å². The van der Waals surface area contributed by atoms with Gasteiger partial charge in [-0.3, -0.25) is 13.9 Å². The molecule has 10 heteroatoms. The van der Waals surface area contributed by atoms with Gasteiger partial charge < -0.3 is 5.73 Å². The summed E-state index contributed by atoms with van der Waals surface area (Å²) in [6, 6.07) is 7.44. The van der Waals surface area contributed by atoms with Gasteiger partial charge in [-0.1, -0.05) is 32.0 Å². The van der Waals surface area contributed by atoms with Crippen LogP contribution in [0.1, 0.15) is 35.7 Å². The molecule has 0 unspecified atom stereocenters. The maximum Gasteiger partial charge on any atom is 0.261 e. The van der Waals surface area contributed by atoms with Gasteiger partial charge >= 0.3 is 0 Å². The quantitative estimate of drug-likeness (QED) is 0.667. The van der Waals surface area contributed by atoms with Gasteiger partial charge in [-0.05, 0) is 17.5 Å². The van der Waals surface area contributed by atoms with E-state index in [4.69, 9.17) is 14.8 Å². The zero-order valence-corrected chi connectivity index (χ0v) is 14.3. The molecule has 4 N–H and O–H groups in total. The predicted octanol–water partition coefficient (Wildman–Crippen LogP) is 0.917. The molecule has 128 valence electrons. The SMILES string of the molecule is CC(C)c1ccccc1C(N)=O.CS(=O)(=O)O.CS(=O)(=O)O. The third-order valence-corrected chi connectivity index (χ3v) is 1.85. The topological polar surface area (TPSA) is 152 Å². The van der Waals surface area contributed by atoms with E-state index in [1.54, 1.807) is 6.07 Å². The Labute approximate surface area is 130 Å². The van der Waals surface area contributed by atoms with Crippen molar-refractivity contribution in [2.24, 2.45) is 5.73 Å². The Morgan fingerprint density at radius 1 is 1.00 bits per heavy atom. The number of amides is 1. The molecule has 0 bridgehead atoms. The van der Waals surface area contributed by atoms with Crippen LogP contribution in [0.15, 0.2) is 24.3 Å². The maximum absolute atomic E-state index is 10.9. The molecule has 0 aliphatic rings. The molecule has 22 heavy (non-hydrogen) atoms. The van der Waals surface area contributed by atoms with Crippen molar-refractivity contribution in [2.75, 3.05) is 12.5 Å². The van der Waals surface area contributed by atoms with Crippen molar-refractivity contribution >= 4 is 26.1 Å². The lowest BCUT2D eigenvalue weighted by molar-refractivity contribution is 0.0999. The molecule has 0 saturated heterocycles. The highest BCUT2D eigenvalue weighted by Crippen LogP contribution is 2.18. The Morgan fingerprint density at radius 2 is 1.32 bits per heavy atom. The largest absolute Gasteiger partial charge is 0.366 e. The molecule has 0 heterocycles. The van der Waals surface area contributed by atoms with Gasteiger partial charge in [0.2, 0.25) is 5.91 Å². The first-order valence-electron chi connectivity index (χ1n) is 5.86. The standard InChI is InChI=1S/C10H13NO.2CH4O3S/c1-7(2)8-5-3-4-6-9(8)10(11)12;2*1-5(2,3)4/h3-7H,1-2H3,(H2,11,12);2*1H3,(H,2,3,4). The number of rotatable bonds is 2. The second kappa shape index (κ2) is 9.51. The fourth-order valence-corrected chi connectivity index (χ4v) is 1.22. The highest BCUT2D eigenvalue weighted by molar-refractivity contribution is 7.85. The summed E-state index contributed by atoms with van der Waals surface area (Å²) in [6.45, 7) is 4.09. The van der Waals surface area contributed by atoms with E-state index in [0.717, 1.165) is 5.56 Å². The third-order valence-electron chi connectivity index (χ3n) is 1.85. The van der Waals surface area contributed by atoms with Crippen LogP contribution in [0.3, 0.4) is 0 Å². The molecule has 1 rings (SSSR count). The van der Waals surface area contributed by atoms with Gasteiger partial charge in [-0.2, -0.15) is 16.8 Å². The zero-order valence-electron chi connectivity index (χ0n) is 12.7. The Bertz CT molecular complexity index is 633. The van der Waals surface area contributed by atoms with Crippen LogP contribution in [0, 0.1) is 0 Å². The molecule has 8 nitrogen and oxygen atoms in total. The summed E-state index contributed by atoms with van der Waals surface area (Å²) < 4.78 is 51.7. The van der Waals surface area contributed by atoms with E-state index < -0.39 is 20.2 Å². The molecule has 1 aromatic rings. The number of hydrogen-bond acceptors (Lipinski definition) is 5. The van der Waals surface area contributed by atoms with Crippen LogP contribution < -0.4 is 5.73 Å².